The Morgan fingerprint density at radius 1 is 0.976 bits per heavy atom. The molecule has 212 valence electrons. The molecule has 2 aromatic heterocycles. The summed E-state index contributed by atoms with van der Waals surface area (Å²) in [6, 6.07) is 25.1. The monoisotopic (exact) mass is 557 g/mol. The topological polar surface area (TPSA) is 59.6 Å². The molecule has 1 saturated heterocycles. The fraction of sp³-hybridized carbons (Fsp3) is 0.306. The normalized spacial score (nSPS) is 25.9. The molecule has 4 heterocycles. The number of nitrogens with zero attached hydrogens (tertiary/aromatic N) is 3. The van der Waals surface area contributed by atoms with Crippen molar-refractivity contribution >= 4 is 27.7 Å². The van der Waals surface area contributed by atoms with E-state index in [0.717, 1.165) is 68.5 Å². The Morgan fingerprint density at radius 3 is 2.31 bits per heavy atom. The summed E-state index contributed by atoms with van der Waals surface area (Å²) in [5, 5.41) is 14.6. The SMILES string of the molecule is C=CC1CC(CC)n2c3c(c4ccccc42)C2C(=O)N(Cc4ccc(OC)cc4)C(O)C2(C)c2c-3n1c1ccccc21. The van der Waals surface area contributed by atoms with Crippen molar-refractivity contribution in [1.82, 2.24) is 14.0 Å². The molecule has 5 aromatic rings. The van der Waals surface area contributed by atoms with Crippen LogP contribution in [0.25, 0.3) is 33.2 Å². The van der Waals surface area contributed by atoms with Crippen LogP contribution < -0.4 is 4.74 Å². The summed E-state index contributed by atoms with van der Waals surface area (Å²) in [4.78, 5) is 16.4. The van der Waals surface area contributed by atoms with E-state index in [9.17, 15) is 9.90 Å². The van der Waals surface area contributed by atoms with Gasteiger partial charge in [0.15, 0.2) is 0 Å². The van der Waals surface area contributed by atoms with Gasteiger partial charge in [0.25, 0.3) is 0 Å². The molecular formula is C36H35N3O3. The van der Waals surface area contributed by atoms with Crippen LogP contribution in [0.15, 0.2) is 85.5 Å². The number of likely N-dealkylation sites (tertiary alicyclic amines) is 1. The van der Waals surface area contributed by atoms with Gasteiger partial charge in [0, 0.05) is 40.0 Å². The van der Waals surface area contributed by atoms with Crippen molar-refractivity contribution in [2.75, 3.05) is 7.11 Å². The van der Waals surface area contributed by atoms with E-state index in [2.05, 4.69) is 84.2 Å². The second kappa shape index (κ2) is 8.85. The summed E-state index contributed by atoms with van der Waals surface area (Å²) in [5.74, 6) is 0.218. The first-order valence-electron chi connectivity index (χ1n) is 14.9. The summed E-state index contributed by atoms with van der Waals surface area (Å²) >= 11 is 0. The number of carbonyl (C=O) groups excluding carboxylic acids is 1. The molecule has 1 N–H and O–H groups in total. The van der Waals surface area contributed by atoms with Crippen LogP contribution in [0, 0.1) is 0 Å². The van der Waals surface area contributed by atoms with E-state index >= 15 is 0 Å². The molecule has 0 spiro atoms. The number of aromatic nitrogens is 2. The van der Waals surface area contributed by atoms with Crippen molar-refractivity contribution in [3.05, 3.63) is 102 Å². The van der Waals surface area contributed by atoms with Crippen LogP contribution in [0.5, 0.6) is 5.75 Å². The smallest absolute Gasteiger partial charge is 0.233 e. The van der Waals surface area contributed by atoms with Crippen LogP contribution >= 0.6 is 0 Å². The predicted octanol–water partition coefficient (Wildman–Crippen LogP) is 7.07. The number of aliphatic hydroxyl groups is 1. The lowest BCUT2D eigenvalue weighted by molar-refractivity contribution is -0.135. The number of rotatable bonds is 5. The summed E-state index contributed by atoms with van der Waals surface area (Å²) in [6.45, 7) is 8.97. The summed E-state index contributed by atoms with van der Waals surface area (Å²) in [7, 11) is 1.64. The number of fused-ring (bicyclic) bond motifs is 9. The summed E-state index contributed by atoms with van der Waals surface area (Å²) in [5.41, 5.74) is 6.76. The highest BCUT2D eigenvalue weighted by Crippen LogP contribution is 2.63. The number of hydrogen-bond acceptors (Lipinski definition) is 3. The van der Waals surface area contributed by atoms with E-state index < -0.39 is 17.6 Å². The standard InChI is InChI=1S/C36H35N3O3/c1-5-22-19-23(6-2)39-28-14-10-8-12-26(28)30-33(39)32-29(25-11-7-9-13-27(25)38(22)32)31-34(40)37(35(41)36(30,31)3)20-21-15-17-24(42-4)18-16-21/h6-18,22-23,31,35,41H,2,5,19-20H2,1,3-4H3. The van der Waals surface area contributed by atoms with Crippen molar-refractivity contribution in [2.24, 2.45) is 0 Å². The first kappa shape index (κ1) is 25.4. The molecule has 3 aliphatic rings. The zero-order valence-corrected chi connectivity index (χ0v) is 24.2. The third-order valence-electron chi connectivity index (χ3n) is 10.3. The van der Waals surface area contributed by atoms with Gasteiger partial charge in [0.1, 0.15) is 12.0 Å². The summed E-state index contributed by atoms with van der Waals surface area (Å²) < 4.78 is 10.3. The maximum atomic E-state index is 14.7. The van der Waals surface area contributed by atoms with Crippen LogP contribution in [0.3, 0.4) is 0 Å². The maximum Gasteiger partial charge on any atom is 0.233 e. The number of benzene rings is 3. The van der Waals surface area contributed by atoms with E-state index in [1.807, 2.05) is 24.3 Å². The zero-order valence-electron chi connectivity index (χ0n) is 24.2. The van der Waals surface area contributed by atoms with Crippen molar-refractivity contribution < 1.29 is 14.6 Å². The lowest BCUT2D eigenvalue weighted by Gasteiger charge is -2.38. The van der Waals surface area contributed by atoms with Gasteiger partial charge in [-0.1, -0.05) is 61.5 Å². The number of allylic oxidation sites excluding steroid dienone is 1. The van der Waals surface area contributed by atoms with Crippen LogP contribution in [0.4, 0.5) is 0 Å². The molecule has 8 rings (SSSR count). The number of carbonyl (C=O) groups is 1. The van der Waals surface area contributed by atoms with Crippen molar-refractivity contribution in [2.45, 2.75) is 62.9 Å². The van der Waals surface area contributed by atoms with E-state index in [-0.39, 0.29) is 18.0 Å². The molecule has 0 radical (unpaired) electrons. The number of aliphatic hydroxyl groups excluding tert-OH is 1. The predicted molar refractivity (Wildman–Crippen MR) is 166 cm³/mol. The van der Waals surface area contributed by atoms with Crippen molar-refractivity contribution in [3.63, 3.8) is 0 Å². The van der Waals surface area contributed by atoms with Crippen LogP contribution in [0.2, 0.25) is 0 Å². The van der Waals surface area contributed by atoms with Gasteiger partial charge in [0.05, 0.1) is 35.9 Å². The van der Waals surface area contributed by atoms with Crippen molar-refractivity contribution in [1.29, 1.82) is 0 Å². The Balaban J connectivity index is 1.47. The zero-order chi connectivity index (χ0) is 28.9. The fourth-order valence-electron chi connectivity index (χ4n) is 8.43. The van der Waals surface area contributed by atoms with Crippen LogP contribution in [-0.4, -0.2) is 38.4 Å². The molecule has 0 saturated carbocycles. The highest BCUT2D eigenvalue weighted by atomic mass is 16.5. The second-order valence-electron chi connectivity index (χ2n) is 12.3. The molecule has 1 amide bonds. The number of hydrogen-bond donors (Lipinski definition) is 1. The molecule has 1 aliphatic carbocycles. The van der Waals surface area contributed by atoms with E-state index in [1.54, 1.807) is 12.0 Å². The second-order valence-corrected chi connectivity index (χ2v) is 12.3. The van der Waals surface area contributed by atoms with Gasteiger partial charge < -0.3 is 23.9 Å². The van der Waals surface area contributed by atoms with Gasteiger partial charge in [-0.15, -0.1) is 6.58 Å². The van der Waals surface area contributed by atoms with Gasteiger partial charge in [-0.3, -0.25) is 4.79 Å². The molecule has 5 atom stereocenters. The number of para-hydroxylation sites is 2. The van der Waals surface area contributed by atoms with Crippen LogP contribution in [-0.2, 0) is 16.8 Å². The van der Waals surface area contributed by atoms with Gasteiger partial charge in [-0.25, -0.2) is 0 Å². The molecular weight excluding hydrogens is 522 g/mol. The lowest BCUT2D eigenvalue weighted by Crippen LogP contribution is -2.43. The highest BCUT2D eigenvalue weighted by molar-refractivity contribution is 6.07. The maximum absolute atomic E-state index is 14.7. The average Bonchev–Trinajstić information content (AvgIpc) is 3.56. The largest absolute Gasteiger partial charge is 0.497 e. The Hall–Kier alpha value is -4.29. The van der Waals surface area contributed by atoms with Gasteiger partial charge in [0.2, 0.25) is 5.91 Å². The van der Waals surface area contributed by atoms with E-state index in [1.165, 1.54) is 0 Å². The number of ether oxygens (including phenoxy) is 1. The average molecular weight is 558 g/mol. The molecule has 5 unspecified atom stereocenters. The third kappa shape index (κ3) is 3.00. The Bertz CT molecular complexity index is 1920. The molecule has 42 heavy (non-hydrogen) atoms. The first-order valence-corrected chi connectivity index (χ1v) is 14.9. The molecule has 6 nitrogen and oxygen atoms in total. The lowest BCUT2D eigenvalue weighted by atomic mass is 9.64. The van der Waals surface area contributed by atoms with Gasteiger partial charge >= 0.3 is 0 Å². The molecule has 3 aromatic carbocycles. The molecule has 0 bridgehead atoms. The highest BCUT2D eigenvalue weighted by Gasteiger charge is 2.63. The minimum Gasteiger partial charge on any atom is -0.497 e. The Kier molecular flexibility index (Phi) is 5.36. The first-order chi connectivity index (χ1) is 20.4. The van der Waals surface area contributed by atoms with Crippen LogP contribution in [0.1, 0.15) is 61.4 Å². The molecule has 6 heteroatoms. The number of methoxy groups -OCH3 is 1. The van der Waals surface area contributed by atoms with E-state index in [4.69, 9.17) is 4.74 Å². The minimum atomic E-state index is -1.00. The number of amides is 1. The minimum absolute atomic E-state index is 0.0278. The van der Waals surface area contributed by atoms with Crippen molar-refractivity contribution in [3.8, 4) is 17.1 Å². The molecule has 1 fully saturated rings. The quantitative estimate of drug-likeness (QED) is 0.235. The molecule has 2 aliphatic heterocycles. The Labute approximate surface area is 245 Å². The van der Waals surface area contributed by atoms with E-state index in [0.29, 0.717) is 6.54 Å². The van der Waals surface area contributed by atoms with Gasteiger partial charge in [-0.2, -0.15) is 0 Å². The van der Waals surface area contributed by atoms with Gasteiger partial charge in [-0.05, 0) is 55.2 Å². The fourth-order valence-corrected chi connectivity index (χ4v) is 8.43. The Morgan fingerprint density at radius 2 is 1.64 bits per heavy atom. The third-order valence-corrected chi connectivity index (χ3v) is 10.3. The summed E-state index contributed by atoms with van der Waals surface area (Å²) in [6.07, 6.45) is 2.95.